The first kappa shape index (κ1) is 10.2. The monoisotopic (exact) mass is 182 g/mol. The van der Waals surface area contributed by atoms with Crippen molar-refractivity contribution < 1.29 is 9.50 Å². The fourth-order valence-corrected chi connectivity index (χ4v) is 1.16. The summed E-state index contributed by atoms with van der Waals surface area (Å²) < 4.78 is 12.8. The smallest absolute Gasteiger partial charge is 0.122 e. The van der Waals surface area contributed by atoms with Crippen molar-refractivity contribution in [1.82, 2.24) is 0 Å². The molecular weight excluding hydrogens is 167 g/mol. The predicted molar refractivity (Wildman–Crippen MR) is 51.2 cm³/mol. The van der Waals surface area contributed by atoms with Gasteiger partial charge in [0.1, 0.15) is 6.17 Å². The van der Waals surface area contributed by atoms with E-state index in [1.54, 1.807) is 38.1 Å². The molecule has 0 aliphatic carbocycles. The quantitative estimate of drug-likeness (QED) is 0.745. The van der Waals surface area contributed by atoms with E-state index in [9.17, 15) is 9.50 Å². The molecule has 0 saturated heterocycles. The van der Waals surface area contributed by atoms with Crippen LogP contribution in [0.15, 0.2) is 24.3 Å². The molecule has 0 spiro atoms. The molecule has 0 amide bonds. The van der Waals surface area contributed by atoms with Gasteiger partial charge in [-0.05, 0) is 31.9 Å². The molecular formula is C11H15FO. The van der Waals surface area contributed by atoms with Crippen LogP contribution in [-0.2, 0) is 5.60 Å². The van der Waals surface area contributed by atoms with E-state index in [0.717, 1.165) is 5.56 Å². The molecule has 0 bridgehead atoms. The van der Waals surface area contributed by atoms with Gasteiger partial charge in [0, 0.05) is 0 Å². The van der Waals surface area contributed by atoms with E-state index < -0.39 is 11.8 Å². The molecule has 0 aromatic heterocycles. The molecule has 1 nitrogen and oxygen atoms in total. The Balaban J connectivity index is 2.94. The van der Waals surface area contributed by atoms with Gasteiger partial charge in [-0.15, -0.1) is 0 Å². The number of rotatable bonds is 2. The van der Waals surface area contributed by atoms with Crippen LogP contribution in [0.2, 0.25) is 0 Å². The lowest BCUT2D eigenvalue weighted by Gasteiger charge is -2.18. The molecule has 1 aromatic carbocycles. The van der Waals surface area contributed by atoms with Crippen molar-refractivity contribution in [2.45, 2.75) is 32.5 Å². The van der Waals surface area contributed by atoms with Crippen LogP contribution >= 0.6 is 0 Å². The van der Waals surface area contributed by atoms with Crippen LogP contribution < -0.4 is 0 Å². The zero-order chi connectivity index (χ0) is 10.1. The van der Waals surface area contributed by atoms with Crippen molar-refractivity contribution in [2.24, 2.45) is 0 Å². The molecule has 1 aromatic rings. The van der Waals surface area contributed by atoms with Crippen LogP contribution in [0.25, 0.3) is 0 Å². The van der Waals surface area contributed by atoms with Crippen molar-refractivity contribution in [2.75, 3.05) is 0 Å². The number of hydrogen-bond acceptors (Lipinski definition) is 1. The lowest BCUT2D eigenvalue weighted by atomic mass is 9.97. The molecule has 72 valence electrons. The molecule has 0 fully saturated rings. The van der Waals surface area contributed by atoms with Gasteiger partial charge in [-0.25, -0.2) is 4.39 Å². The number of alkyl halides is 1. The molecule has 13 heavy (non-hydrogen) atoms. The molecule has 0 heterocycles. The summed E-state index contributed by atoms with van der Waals surface area (Å²) in [6.45, 7) is 4.92. The van der Waals surface area contributed by atoms with Crippen LogP contribution in [-0.4, -0.2) is 5.11 Å². The summed E-state index contributed by atoms with van der Waals surface area (Å²) in [6, 6.07) is 6.92. The zero-order valence-electron chi connectivity index (χ0n) is 8.21. The van der Waals surface area contributed by atoms with E-state index in [2.05, 4.69) is 0 Å². The highest BCUT2D eigenvalue weighted by molar-refractivity contribution is 5.27. The first-order valence-electron chi connectivity index (χ1n) is 4.38. The van der Waals surface area contributed by atoms with E-state index in [1.807, 2.05) is 0 Å². The van der Waals surface area contributed by atoms with Gasteiger partial charge in [-0.2, -0.15) is 0 Å². The summed E-state index contributed by atoms with van der Waals surface area (Å²) in [4.78, 5) is 0. The second-order valence-corrected chi connectivity index (χ2v) is 3.80. The molecule has 0 saturated carbocycles. The summed E-state index contributed by atoms with van der Waals surface area (Å²) in [5.41, 5.74) is 0.600. The Labute approximate surface area is 78.2 Å². The summed E-state index contributed by atoms with van der Waals surface area (Å²) in [5, 5.41) is 9.62. The van der Waals surface area contributed by atoms with E-state index in [0.29, 0.717) is 5.56 Å². The van der Waals surface area contributed by atoms with Crippen LogP contribution in [0, 0.1) is 0 Å². The van der Waals surface area contributed by atoms with Crippen molar-refractivity contribution in [3.8, 4) is 0 Å². The summed E-state index contributed by atoms with van der Waals surface area (Å²) in [5.74, 6) is 0. The standard InChI is InChI=1S/C11H15FO/c1-8(12)9-4-6-10(7-5-9)11(2,3)13/h4-8,13H,1-3H3. The number of halogens is 1. The van der Waals surface area contributed by atoms with Crippen LogP contribution in [0.5, 0.6) is 0 Å². The second-order valence-electron chi connectivity index (χ2n) is 3.80. The Morgan fingerprint density at radius 2 is 1.69 bits per heavy atom. The third kappa shape index (κ3) is 2.52. The van der Waals surface area contributed by atoms with Crippen molar-refractivity contribution in [3.63, 3.8) is 0 Å². The van der Waals surface area contributed by atoms with Crippen molar-refractivity contribution >= 4 is 0 Å². The zero-order valence-corrected chi connectivity index (χ0v) is 8.21. The van der Waals surface area contributed by atoms with Crippen LogP contribution in [0.1, 0.15) is 38.1 Å². The fourth-order valence-electron chi connectivity index (χ4n) is 1.16. The Morgan fingerprint density at radius 1 is 1.23 bits per heavy atom. The average molecular weight is 182 g/mol. The Morgan fingerprint density at radius 3 is 2.00 bits per heavy atom. The Kier molecular flexibility index (Phi) is 2.71. The topological polar surface area (TPSA) is 20.2 Å². The SMILES string of the molecule is CC(F)c1ccc(C(C)(C)O)cc1. The number of hydrogen-bond donors (Lipinski definition) is 1. The van der Waals surface area contributed by atoms with Crippen LogP contribution in [0.4, 0.5) is 4.39 Å². The van der Waals surface area contributed by atoms with Gasteiger partial charge < -0.3 is 5.11 Å². The normalized spacial score (nSPS) is 14.2. The number of aliphatic hydroxyl groups is 1. The minimum Gasteiger partial charge on any atom is -0.386 e. The van der Waals surface area contributed by atoms with Gasteiger partial charge in [0.25, 0.3) is 0 Å². The maximum absolute atomic E-state index is 12.8. The first-order chi connectivity index (χ1) is 5.91. The molecule has 1 rings (SSSR count). The molecule has 0 radical (unpaired) electrons. The minimum absolute atomic E-state index is 0.646. The van der Waals surface area contributed by atoms with Gasteiger partial charge in [0.2, 0.25) is 0 Å². The van der Waals surface area contributed by atoms with Crippen molar-refractivity contribution in [3.05, 3.63) is 35.4 Å². The van der Waals surface area contributed by atoms with Gasteiger partial charge in [-0.1, -0.05) is 24.3 Å². The predicted octanol–water partition coefficient (Wildman–Crippen LogP) is 2.94. The molecule has 0 aliphatic heterocycles. The van der Waals surface area contributed by atoms with E-state index >= 15 is 0 Å². The largest absolute Gasteiger partial charge is 0.386 e. The molecule has 0 aliphatic rings. The highest BCUT2D eigenvalue weighted by Crippen LogP contribution is 2.22. The third-order valence-electron chi connectivity index (χ3n) is 2.08. The maximum atomic E-state index is 12.8. The molecule has 1 N–H and O–H groups in total. The fraction of sp³-hybridized carbons (Fsp3) is 0.455. The summed E-state index contributed by atoms with van der Waals surface area (Å²) in [6.07, 6.45) is -0.948. The first-order valence-corrected chi connectivity index (χ1v) is 4.38. The molecule has 1 unspecified atom stereocenters. The maximum Gasteiger partial charge on any atom is 0.122 e. The van der Waals surface area contributed by atoms with Gasteiger partial charge in [0.15, 0.2) is 0 Å². The summed E-state index contributed by atoms with van der Waals surface area (Å²) in [7, 11) is 0. The third-order valence-corrected chi connectivity index (χ3v) is 2.08. The molecule has 1 atom stereocenters. The van der Waals surface area contributed by atoms with E-state index in [4.69, 9.17) is 0 Å². The second kappa shape index (κ2) is 3.46. The lowest BCUT2D eigenvalue weighted by Crippen LogP contribution is -2.15. The molecule has 2 heteroatoms. The minimum atomic E-state index is -0.948. The van der Waals surface area contributed by atoms with Gasteiger partial charge in [-0.3, -0.25) is 0 Å². The van der Waals surface area contributed by atoms with E-state index in [1.165, 1.54) is 6.92 Å². The van der Waals surface area contributed by atoms with Gasteiger partial charge >= 0.3 is 0 Å². The average Bonchev–Trinajstić information content (AvgIpc) is 2.03. The van der Waals surface area contributed by atoms with Gasteiger partial charge in [0.05, 0.1) is 5.60 Å². The lowest BCUT2D eigenvalue weighted by molar-refractivity contribution is 0.0785. The van der Waals surface area contributed by atoms with Crippen molar-refractivity contribution in [1.29, 1.82) is 0 Å². The Hall–Kier alpha value is -0.890. The summed E-state index contributed by atoms with van der Waals surface area (Å²) >= 11 is 0. The highest BCUT2D eigenvalue weighted by atomic mass is 19.1. The van der Waals surface area contributed by atoms with E-state index in [-0.39, 0.29) is 0 Å². The Bertz CT molecular complexity index is 269. The van der Waals surface area contributed by atoms with Crippen LogP contribution in [0.3, 0.4) is 0 Å². The highest BCUT2D eigenvalue weighted by Gasteiger charge is 2.15. The number of benzene rings is 1.